The molecule has 11 heavy (non-hydrogen) atoms. The summed E-state index contributed by atoms with van der Waals surface area (Å²) in [5, 5.41) is 17.5. The third-order valence-corrected chi connectivity index (χ3v) is 1.69. The Balaban J connectivity index is 2.83. The highest BCUT2D eigenvalue weighted by molar-refractivity contribution is 6.58. The van der Waals surface area contributed by atoms with E-state index in [4.69, 9.17) is 10.0 Å². The molecule has 0 aromatic heterocycles. The summed E-state index contributed by atoms with van der Waals surface area (Å²) in [5.41, 5.74) is 1.75. The zero-order valence-corrected chi connectivity index (χ0v) is 6.49. The molecule has 58 valence electrons. The summed E-state index contributed by atoms with van der Waals surface area (Å²) in [6.45, 7) is 2.06. The summed E-state index contributed by atoms with van der Waals surface area (Å²) in [7, 11) is -1.35. The van der Waals surface area contributed by atoms with Gasteiger partial charge >= 0.3 is 7.12 Å². The van der Waals surface area contributed by atoms with Crippen LogP contribution in [0, 0.1) is 0 Å². The van der Waals surface area contributed by atoms with E-state index in [1.807, 2.05) is 12.1 Å². The van der Waals surface area contributed by atoms with Gasteiger partial charge in [0.15, 0.2) is 0 Å². The normalized spacial score (nSPS) is 9.73. The minimum atomic E-state index is -1.35. The zero-order valence-electron chi connectivity index (χ0n) is 6.49. The molecule has 0 aliphatic heterocycles. The summed E-state index contributed by atoms with van der Waals surface area (Å²) in [4.78, 5) is 0. The molecule has 1 aromatic rings. The van der Waals surface area contributed by atoms with Crippen molar-refractivity contribution >= 4 is 12.6 Å². The maximum absolute atomic E-state index is 8.74. The highest BCUT2D eigenvalue weighted by Gasteiger charge is 2.08. The topological polar surface area (TPSA) is 40.5 Å². The Morgan fingerprint density at radius 1 is 1.18 bits per heavy atom. The average molecular weight is 156 g/mol. The number of hydrogen-bond donors (Lipinski definition) is 2. The lowest BCUT2D eigenvalue weighted by Gasteiger charge is -1.99. The predicted molar refractivity (Wildman–Crippen MR) is 45.6 cm³/mol. The van der Waals surface area contributed by atoms with Gasteiger partial charge in [0.2, 0.25) is 0 Å². The van der Waals surface area contributed by atoms with Crippen molar-refractivity contribution in [3.63, 3.8) is 0 Å². The van der Waals surface area contributed by atoms with Gasteiger partial charge in [-0.1, -0.05) is 31.2 Å². The van der Waals surface area contributed by atoms with Crippen LogP contribution in [0.4, 0.5) is 0 Å². The van der Waals surface area contributed by atoms with Crippen LogP contribution in [0.3, 0.4) is 0 Å². The molecule has 0 saturated heterocycles. The fourth-order valence-electron chi connectivity index (χ4n) is 0.925. The third kappa shape index (κ3) is 2.07. The van der Waals surface area contributed by atoms with Crippen molar-refractivity contribution in [2.45, 2.75) is 13.3 Å². The maximum Gasteiger partial charge on any atom is 0.488 e. The molecule has 0 unspecified atom stereocenters. The zero-order chi connectivity index (χ0) is 8.27. The standard InChI is InChI=1S/C8H11BO2/c1-2-7-3-5-8(6-4-7)9(10)11/h3-6,10-11H,2H2,1H3/i3+1,4+1,5+1,6+1,7+1,8+1. The summed E-state index contributed by atoms with van der Waals surface area (Å²) in [6.07, 6.45) is 0.974. The molecule has 2 N–H and O–H groups in total. The smallest absolute Gasteiger partial charge is 0.423 e. The summed E-state index contributed by atoms with van der Waals surface area (Å²) >= 11 is 0. The summed E-state index contributed by atoms with van der Waals surface area (Å²) in [5.74, 6) is 0. The second kappa shape index (κ2) is 3.55. The van der Waals surface area contributed by atoms with Gasteiger partial charge in [0.25, 0.3) is 0 Å². The van der Waals surface area contributed by atoms with Crippen LogP contribution in [0.25, 0.3) is 0 Å². The second-order valence-corrected chi connectivity index (χ2v) is 2.47. The molecule has 3 heteroatoms. The molecule has 2 nitrogen and oxygen atoms in total. The minimum Gasteiger partial charge on any atom is -0.423 e. The number of rotatable bonds is 2. The Hall–Kier alpha value is -0.795. The summed E-state index contributed by atoms with van der Waals surface area (Å²) in [6, 6.07) is 7.25. The van der Waals surface area contributed by atoms with Gasteiger partial charge < -0.3 is 10.0 Å². The number of benzene rings is 1. The molecule has 1 rings (SSSR count). The Bertz CT molecular complexity index is 218. The first-order chi connectivity index (χ1) is 5.24. The van der Waals surface area contributed by atoms with Crippen molar-refractivity contribution in [1.29, 1.82) is 0 Å². The highest BCUT2D eigenvalue weighted by atomic mass is 16.4. The summed E-state index contributed by atoms with van der Waals surface area (Å²) < 4.78 is 0. The van der Waals surface area contributed by atoms with Crippen molar-refractivity contribution in [3.05, 3.63) is 29.8 Å². The molecule has 0 heterocycles. The first kappa shape index (κ1) is 8.30. The molecule has 0 amide bonds. The van der Waals surface area contributed by atoms with E-state index in [1.54, 1.807) is 12.1 Å². The molecular formula is C8H11BO2. The van der Waals surface area contributed by atoms with E-state index in [0.29, 0.717) is 5.46 Å². The molecule has 0 aliphatic carbocycles. The van der Waals surface area contributed by atoms with Crippen molar-refractivity contribution in [3.8, 4) is 0 Å². The molecule has 0 radical (unpaired) electrons. The van der Waals surface area contributed by atoms with Crippen LogP contribution >= 0.6 is 0 Å². The van der Waals surface area contributed by atoms with Crippen molar-refractivity contribution < 1.29 is 10.0 Å². The highest BCUT2D eigenvalue weighted by Crippen LogP contribution is 1.96. The van der Waals surface area contributed by atoms with Gasteiger partial charge in [-0.15, -0.1) is 0 Å². The van der Waals surface area contributed by atoms with Crippen LogP contribution < -0.4 is 5.46 Å². The minimum absolute atomic E-state index is 0.544. The molecule has 0 spiro atoms. The molecular weight excluding hydrogens is 145 g/mol. The SMILES string of the molecule is CC[13c]1[13cH][13cH][13c](B(O)O)[13cH][13cH]1. The number of hydrogen-bond acceptors (Lipinski definition) is 2. The largest absolute Gasteiger partial charge is 0.488 e. The number of aryl methyl sites for hydroxylation is 1. The van der Waals surface area contributed by atoms with Gasteiger partial charge in [-0.3, -0.25) is 0 Å². The second-order valence-electron chi connectivity index (χ2n) is 2.47. The van der Waals surface area contributed by atoms with Crippen molar-refractivity contribution in [2.24, 2.45) is 0 Å². The molecule has 0 bridgehead atoms. The van der Waals surface area contributed by atoms with E-state index in [-0.39, 0.29) is 0 Å². The van der Waals surface area contributed by atoms with Gasteiger partial charge in [-0.25, -0.2) is 0 Å². The molecule has 0 aliphatic rings. The van der Waals surface area contributed by atoms with E-state index in [0.717, 1.165) is 6.42 Å². The quantitative estimate of drug-likeness (QED) is 0.588. The van der Waals surface area contributed by atoms with Gasteiger partial charge in [-0.2, -0.15) is 0 Å². The van der Waals surface area contributed by atoms with Crippen LogP contribution in [-0.4, -0.2) is 17.2 Å². The monoisotopic (exact) mass is 156 g/mol. The Labute approximate surface area is 66.6 Å². The molecule has 0 saturated carbocycles. The van der Waals surface area contributed by atoms with Crippen LogP contribution in [0.5, 0.6) is 0 Å². The Kier molecular flexibility index (Phi) is 2.68. The van der Waals surface area contributed by atoms with E-state index in [2.05, 4.69) is 6.92 Å². The molecule has 0 atom stereocenters. The van der Waals surface area contributed by atoms with Gasteiger partial charge in [0.05, 0.1) is 0 Å². The lowest BCUT2D eigenvalue weighted by molar-refractivity contribution is 0.426. The fourth-order valence-corrected chi connectivity index (χ4v) is 0.925. The van der Waals surface area contributed by atoms with Crippen LogP contribution in [0.1, 0.15) is 12.5 Å². The molecule has 1 aromatic carbocycles. The van der Waals surface area contributed by atoms with Crippen molar-refractivity contribution in [2.75, 3.05) is 0 Å². The van der Waals surface area contributed by atoms with Crippen LogP contribution in [0.15, 0.2) is 24.3 Å². The van der Waals surface area contributed by atoms with E-state index < -0.39 is 7.12 Å². The van der Waals surface area contributed by atoms with Gasteiger partial charge in [0, 0.05) is 0 Å². The van der Waals surface area contributed by atoms with Gasteiger partial charge in [0.1, 0.15) is 0 Å². The van der Waals surface area contributed by atoms with E-state index in [1.165, 1.54) is 5.56 Å². The first-order valence-corrected chi connectivity index (χ1v) is 3.69. The van der Waals surface area contributed by atoms with E-state index >= 15 is 0 Å². The van der Waals surface area contributed by atoms with Crippen molar-refractivity contribution in [1.82, 2.24) is 0 Å². The first-order valence-electron chi connectivity index (χ1n) is 3.69. The van der Waals surface area contributed by atoms with Gasteiger partial charge in [-0.05, 0) is 17.4 Å². The Morgan fingerprint density at radius 3 is 2.09 bits per heavy atom. The Morgan fingerprint density at radius 2 is 1.73 bits per heavy atom. The average Bonchev–Trinajstić information content (AvgIpc) is 2.05. The van der Waals surface area contributed by atoms with Crippen LogP contribution in [0.2, 0.25) is 0 Å². The fraction of sp³-hybridized carbons (Fsp3) is 0.250. The van der Waals surface area contributed by atoms with Crippen LogP contribution in [-0.2, 0) is 6.42 Å². The third-order valence-electron chi connectivity index (χ3n) is 1.69. The van der Waals surface area contributed by atoms with E-state index in [9.17, 15) is 0 Å². The predicted octanol–water partition coefficient (Wildman–Crippen LogP) is -0.0712. The lowest BCUT2D eigenvalue weighted by Crippen LogP contribution is -2.29. The lowest BCUT2D eigenvalue weighted by atomic mass is 10.1. The maximum atomic E-state index is 8.74. The molecule has 0 fully saturated rings.